The van der Waals surface area contributed by atoms with Crippen LogP contribution in [0.1, 0.15) is 36.8 Å². The minimum Gasteiger partial charge on any atom is -0.371 e. The van der Waals surface area contributed by atoms with E-state index >= 15 is 0 Å². The van der Waals surface area contributed by atoms with E-state index in [1.54, 1.807) is 24.1 Å². The van der Waals surface area contributed by atoms with E-state index in [1.807, 2.05) is 0 Å². The molecule has 0 amide bonds. The fraction of sp³-hybridized carbons (Fsp3) is 0.571. The number of hydrogen-bond acceptors (Lipinski definition) is 2. The zero-order chi connectivity index (χ0) is 14.0. The third-order valence-corrected chi connectivity index (χ3v) is 3.85. The second kappa shape index (κ2) is 5.41. The van der Waals surface area contributed by atoms with Crippen LogP contribution in [0, 0.1) is 0 Å². The van der Waals surface area contributed by atoms with Gasteiger partial charge in [-0.3, -0.25) is 0 Å². The van der Waals surface area contributed by atoms with Gasteiger partial charge in [0.1, 0.15) is 0 Å². The number of rotatable bonds is 3. The van der Waals surface area contributed by atoms with E-state index in [2.05, 4.69) is 0 Å². The molecule has 1 aliphatic carbocycles. The van der Waals surface area contributed by atoms with Crippen LogP contribution in [-0.4, -0.2) is 13.1 Å². The molecule has 0 bridgehead atoms. The Labute approximate surface area is 111 Å². The maximum Gasteiger partial charge on any atom is 0.418 e. The first-order valence-corrected chi connectivity index (χ1v) is 6.56. The Kier molecular flexibility index (Phi) is 4.04. The van der Waals surface area contributed by atoms with Gasteiger partial charge in [-0.25, -0.2) is 0 Å². The van der Waals surface area contributed by atoms with E-state index in [9.17, 15) is 13.2 Å². The predicted octanol–water partition coefficient (Wildman–Crippen LogP) is 3.54. The monoisotopic (exact) mass is 272 g/mol. The fourth-order valence-electron chi connectivity index (χ4n) is 2.73. The van der Waals surface area contributed by atoms with Crippen molar-refractivity contribution in [1.82, 2.24) is 0 Å². The van der Waals surface area contributed by atoms with Gasteiger partial charge in [0.2, 0.25) is 0 Å². The number of alkyl halides is 3. The van der Waals surface area contributed by atoms with E-state index in [0.717, 1.165) is 25.7 Å². The summed E-state index contributed by atoms with van der Waals surface area (Å²) in [4.78, 5) is 1.77. The number of anilines is 1. The summed E-state index contributed by atoms with van der Waals surface area (Å²) in [6, 6.07) is 4.60. The van der Waals surface area contributed by atoms with Crippen molar-refractivity contribution in [3.8, 4) is 0 Å². The topological polar surface area (TPSA) is 29.3 Å². The summed E-state index contributed by atoms with van der Waals surface area (Å²) in [6.07, 6.45) is -0.221. The number of nitrogens with two attached hydrogens (primary N) is 1. The van der Waals surface area contributed by atoms with E-state index in [0.29, 0.717) is 5.56 Å². The van der Waals surface area contributed by atoms with Crippen LogP contribution >= 0.6 is 0 Å². The molecule has 2 rings (SSSR count). The van der Waals surface area contributed by atoms with Gasteiger partial charge in [0.05, 0.1) is 5.56 Å². The quantitative estimate of drug-likeness (QED) is 0.912. The molecule has 19 heavy (non-hydrogen) atoms. The molecule has 1 aliphatic rings. The first-order valence-electron chi connectivity index (χ1n) is 6.56. The second-order valence-electron chi connectivity index (χ2n) is 5.10. The summed E-state index contributed by atoms with van der Waals surface area (Å²) in [5.74, 6) is 0. The molecule has 1 fully saturated rings. The standard InChI is InChI=1S/C14H19F3N2/c1-19(11-4-2-3-5-11)13-7-6-10(9-18)8-12(13)14(15,16)17/h6-8,11H,2-5,9,18H2,1H3. The molecule has 0 atom stereocenters. The smallest absolute Gasteiger partial charge is 0.371 e. The van der Waals surface area contributed by atoms with Gasteiger partial charge in [-0.1, -0.05) is 18.9 Å². The first kappa shape index (κ1) is 14.2. The molecule has 1 aromatic carbocycles. The van der Waals surface area contributed by atoms with Gasteiger partial charge in [0, 0.05) is 25.3 Å². The Morgan fingerprint density at radius 1 is 1.26 bits per heavy atom. The molecular weight excluding hydrogens is 253 g/mol. The van der Waals surface area contributed by atoms with Crippen molar-refractivity contribution in [1.29, 1.82) is 0 Å². The molecule has 0 aliphatic heterocycles. The summed E-state index contributed by atoms with van der Waals surface area (Å²) < 4.78 is 39.4. The van der Waals surface area contributed by atoms with Crippen LogP contribution in [0.15, 0.2) is 18.2 Å². The zero-order valence-corrected chi connectivity index (χ0v) is 11.0. The molecule has 0 radical (unpaired) electrons. The Hall–Kier alpha value is -1.23. The van der Waals surface area contributed by atoms with Gasteiger partial charge in [0.25, 0.3) is 0 Å². The summed E-state index contributed by atoms with van der Waals surface area (Å²) in [7, 11) is 1.75. The molecule has 0 heterocycles. The van der Waals surface area contributed by atoms with Crippen molar-refractivity contribution in [2.75, 3.05) is 11.9 Å². The Balaban J connectivity index is 2.38. The van der Waals surface area contributed by atoms with Crippen molar-refractivity contribution in [2.45, 2.75) is 44.4 Å². The lowest BCUT2D eigenvalue weighted by molar-refractivity contribution is -0.137. The third kappa shape index (κ3) is 3.03. The molecule has 1 aromatic rings. The van der Waals surface area contributed by atoms with Gasteiger partial charge in [-0.05, 0) is 30.5 Å². The Bertz CT molecular complexity index is 437. The molecular formula is C14H19F3N2. The van der Waals surface area contributed by atoms with Crippen LogP contribution in [0.5, 0.6) is 0 Å². The highest BCUT2D eigenvalue weighted by atomic mass is 19.4. The number of halogens is 3. The molecule has 0 spiro atoms. The molecule has 0 unspecified atom stereocenters. The SMILES string of the molecule is CN(c1ccc(CN)cc1C(F)(F)F)C1CCCC1. The van der Waals surface area contributed by atoms with Gasteiger partial charge in [0.15, 0.2) is 0 Å². The number of nitrogens with zero attached hydrogens (tertiary/aromatic N) is 1. The van der Waals surface area contributed by atoms with E-state index < -0.39 is 11.7 Å². The molecule has 2 nitrogen and oxygen atoms in total. The second-order valence-corrected chi connectivity index (χ2v) is 5.10. The first-order chi connectivity index (χ1) is 8.93. The minimum atomic E-state index is -4.34. The highest BCUT2D eigenvalue weighted by Crippen LogP contribution is 2.39. The van der Waals surface area contributed by atoms with Gasteiger partial charge in [-0.15, -0.1) is 0 Å². The lowest BCUT2D eigenvalue weighted by atomic mass is 10.1. The van der Waals surface area contributed by atoms with Gasteiger partial charge in [-0.2, -0.15) is 13.2 Å². The van der Waals surface area contributed by atoms with Crippen molar-refractivity contribution >= 4 is 5.69 Å². The highest BCUT2D eigenvalue weighted by Gasteiger charge is 2.36. The zero-order valence-electron chi connectivity index (χ0n) is 11.0. The summed E-state index contributed by atoms with van der Waals surface area (Å²) in [6.45, 7) is 0.122. The average Bonchev–Trinajstić information content (AvgIpc) is 2.90. The fourth-order valence-corrected chi connectivity index (χ4v) is 2.73. The predicted molar refractivity (Wildman–Crippen MR) is 70.0 cm³/mol. The molecule has 5 heteroatoms. The maximum absolute atomic E-state index is 13.1. The molecule has 2 N–H and O–H groups in total. The third-order valence-electron chi connectivity index (χ3n) is 3.85. The van der Waals surface area contributed by atoms with Crippen LogP contribution in [0.25, 0.3) is 0 Å². The highest BCUT2D eigenvalue weighted by molar-refractivity contribution is 5.56. The van der Waals surface area contributed by atoms with Crippen LogP contribution in [0.4, 0.5) is 18.9 Å². The average molecular weight is 272 g/mol. The summed E-state index contributed by atoms with van der Waals surface area (Å²) in [5, 5.41) is 0. The number of hydrogen-bond donors (Lipinski definition) is 1. The van der Waals surface area contributed by atoms with Gasteiger partial charge < -0.3 is 10.6 Å². The Morgan fingerprint density at radius 2 is 1.89 bits per heavy atom. The van der Waals surface area contributed by atoms with E-state index in [-0.39, 0.29) is 18.3 Å². The van der Waals surface area contributed by atoms with Crippen LogP contribution in [0.2, 0.25) is 0 Å². The largest absolute Gasteiger partial charge is 0.418 e. The van der Waals surface area contributed by atoms with Crippen LogP contribution < -0.4 is 10.6 Å². The lowest BCUT2D eigenvalue weighted by Gasteiger charge is -2.29. The normalized spacial score (nSPS) is 16.9. The summed E-state index contributed by atoms with van der Waals surface area (Å²) in [5.41, 5.74) is 5.62. The van der Waals surface area contributed by atoms with E-state index in [1.165, 1.54) is 6.07 Å². The molecule has 1 saturated carbocycles. The van der Waals surface area contributed by atoms with Gasteiger partial charge >= 0.3 is 6.18 Å². The summed E-state index contributed by atoms with van der Waals surface area (Å²) >= 11 is 0. The maximum atomic E-state index is 13.1. The van der Waals surface area contributed by atoms with Crippen LogP contribution in [0.3, 0.4) is 0 Å². The van der Waals surface area contributed by atoms with Crippen molar-refractivity contribution in [3.05, 3.63) is 29.3 Å². The molecule has 0 aromatic heterocycles. The van der Waals surface area contributed by atoms with Crippen molar-refractivity contribution < 1.29 is 13.2 Å². The lowest BCUT2D eigenvalue weighted by Crippen LogP contribution is -2.30. The number of benzene rings is 1. The Morgan fingerprint density at radius 3 is 2.42 bits per heavy atom. The minimum absolute atomic E-state index is 0.122. The van der Waals surface area contributed by atoms with Crippen molar-refractivity contribution in [2.24, 2.45) is 5.73 Å². The van der Waals surface area contributed by atoms with E-state index in [4.69, 9.17) is 5.73 Å². The molecule has 106 valence electrons. The van der Waals surface area contributed by atoms with Crippen molar-refractivity contribution in [3.63, 3.8) is 0 Å². The molecule has 0 saturated heterocycles. The van der Waals surface area contributed by atoms with Crippen LogP contribution in [-0.2, 0) is 12.7 Å².